The summed E-state index contributed by atoms with van der Waals surface area (Å²) in [5, 5.41) is 4.89. The van der Waals surface area contributed by atoms with Gasteiger partial charge in [0.15, 0.2) is 0 Å². The zero-order chi connectivity index (χ0) is 26.3. The third kappa shape index (κ3) is 6.56. The van der Waals surface area contributed by atoms with Gasteiger partial charge in [-0.1, -0.05) is 80.0 Å². The van der Waals surface area contributed by atoms with Gasteiger partial charge in [0.1, 0.15) is 12.6 Å². The molecule has 0 fully saturated rings. The Balaban J connectivity index is 2.03. The molecule has 3 aromatic rings. The lowest BCUT2D eigenvalue weighted by Crippen LogP contribution is -2.52. The molecule has 192 valence electrons. The second-order valence-electron chi connectivity index (χ2n) is 8.60. The Kier molecular flexibility index (Phi) is 9.34. The van der Waals surface area contributed by atoms with Crippen LogP contribution in [-0.4, -0.2) is 50.5 Å². The van der Waals surface area contributed by atoms with Crippen molar-refractivity contribution in [2.45, 2.75) is 39.3 Å². The minimum Gasteiger partial charge on any atom is -0.354 e. The molecule has 3 rings (SSSR count). The number of sulfonamides is 1. The Morgan fingerprint density at radius 1 is 0.972 bits per heavy atom. The summed E-state index contributed by atoms with van der Waals surface area (Å²) in [5.74, 6) is -0.775. The zero-order valence-electron chi connectivity index (χ0n) is 20.8. The van der Waals surface area contributed by atoms with Gasteiger partial charge in [0, 0.05) is 23.5 Å². The molecule has 9 heteroatoms. The van der Waals surface area contributed by atoms with Crippen LogP contribution < -0.4 is 9.62 Å². The van der Waals surface area contributed by atoms with Crippen molar-refractivity contribution >= 4 is 49.9 Å². The Hall–Kier alpha value is -3.10. The van der Waals surface area contributed by atoms with Gasteiger partial charge in [0.2, 0.25) is 21.8 Å². The molecule has 0 aromatic heterocycles. The molecule has 3 aromatic carbocycles. The average Bonchev–Trinajstić information content (AvgIpc) is 2.86. The highest BCUT2D eigenvalue weighted by Gasteiger charge is 2.32. The average molecular weight is 530 g/mol. The normalized spacial score (nSPS) is 12.2. The molecule has 0 aliphatic carbocycles. The van der Waals surface area contributed by atoms with Crippen LogP contribution in [0.3, 0.4) is 0 Å². The van der Waals surface area contributed by atoms with Gasteiger partial charge in [-0.3, -0.25) is 13.9 Å². The number of nitrogens with zero attached hydrogens (tertiary/aromatic N) is 2. The first kappa shape index (κ1) is 27.5. The van der Waals surface area contributed by atoms with Crippen LogP contribution in [0.15, 0.2) is 66.7 Å². The Morgan fingerprint density at radius 2 is 1.64 bits per heavy atom. The lowest BCUT2D eigenvalue weighted by atomic mass is 10.1. The van der Waals surface area contributed by atoms with Gasteiger partial charge >= 0.3 is 0 Å². The molecule has 0 aliphatic heterocycles. The SMILES string of the molecule is CCCNC(=O)[C@H](CC)N(Cc1ccccc1Cl)C(=O)CN(c1cccc2ccccc12)S(C)(=O)=O. The number of fused-ring (bicyclic) bond motifs is 1. The highest BCUT2D eigenvalue weighted by Crippen LogP contribution is 2.29. The summed E-state index contributed by atoms with van der Waals surface area (Å²) in [4.78, 5) is 28.2. The van der Waals surface area contributed by atoms with E-state index >= 15 is 0 Å². The maximum absolute atomic E-state index is 13.8. The topological polar surface area (TPSA) is 86.8 Å². The van der Waals surface area contributed by atoms with E-state index < -0.39 is 28.5 Å². The zero-order valence-corrected chi connectivity index (χ0v) is 22.3. The van der Waals surface area contributed by atoms with Crippen LogP contribution in [0.1, 0.15) is 32.3 Å². The van der Waals surface area contributed by atoms with E-state index in [-0.39, 0.29) is 12.5 Å². The second-order valence-corrected chi connectivity index (χ2v) is 10.9. The molecule has 7 nitrogen and oxygen atoms in total. The predicted octanol–water partition coefficient (Wildman–Crippen LogP) is 4.59. The number of anilines is 1. The maximum Gasteiger partial charge on any atom is 0.244 e. The smallest absolute Gasteiger partial charge is 0.244 e. The van der Waals surface area contributed by atoms with E-state index in [9.17, 15) is 18.0 Å². The summed E-state index contributed by atoms with van der Waals surface area (Å²) in [6.45, 7) is 3.87. The molecule has 1 atom stereocenters. The summed E-state index contributed by atoms with van der Waals surface area (Å²) >= 11 is 6.38. The van der Waals surface area contributed by atoms with Gasteiger partial charge in [0.05, 0.1) is 11.9 Å². The van der Waals surface area contributed by atoms with E-state index in [2.05, 4.69) is 5.32 Å². The number of amides is 2. The number of carbonyl (C=O) groups excluding carboxylic acids is 2. The fourth-order valence-electron chi connectivity index (χ4n) is 4.12. The van der Waals surface area contributed by atoms with Crippen LogP contribution in [0.2, 0.25) is 5.02 Å². The van der Waals surface area contributed by atoms with E-state index in [0.717, 1.165) is 22.4 Å². The van der Waals surface area contributed by atoms with Crippen molar-refractivity contribution < 1.29 is 18.0 Å². The fraction of sp³-hybridized carbons (Fsp3) is 0.333. The fourth-order valence-corrected chi connectivity index (χ4v) is 5.17. The molecule has 0 aliphatic rings. The van der Waals surface area contributed by atoms with Crippen molar-refractivity contribution in [2.75, 3.05) is 23.7 Å². The van der Waals surface area contributed by atoms with Crippen LogP contribution in [0.25, 0.3) is 10.8 Å². The summed E-state index contributed by atoms with van der Waals surface area (Å²) in [6.07, 6.45) is 2.19. The van der Waals surface area contributed by atoms with Gasteiger partial charge in [-0.2, -0.15) is 0 Å². The second kappa shape index (κ2) is 12.2. The van der Waals surface area contributed by atoms with Crippen LogP contribution in [-0.2, 0) is 26.2 Å². The van der Waals surface area contributed by atoms with E-state index in [0.29, 0.717) is 34.6 Å². The summed E-state index contributed by atoms with van der Waals surface area (Å²) in [5.41, 5.74) is 1.08. The standard InChI is InChI=1S/C27H32ClN3O4S/c1-4-17-29-27(33)24(5-2)30(18-21-12-7-9-15-23(21)28)26(32)19-31(36(3,34)35)25-16-10-13-20-11-6-8-14-22(20)25/h6-16,24H,4-5,17-19H2,1-3H3,(H,29,33)/t24-/m0/s1. The first-order valence-corrected chi connectivity index (χ1v) is 14.2. The number of benzene rings is 3. The largest absolute Gasteiger partial charge is 0.354 e. The summed E-state index contributed by atoms with van der Waals surface area (Å²) in [7, 11) is -3.83. The highest BCUT2D eigenvalue weighted by atomic mass is 35.5. The van der Waals surface area contributed by atoms with Gasteiger partial charge in [-0.25, -0.2) is 8.42 Å². The minimum atomic E-state index is -3.83. The molecule has 1 N–H and O–H groups in total. The molecular weight excluding hydrogens is 498 g/mol. The van der Waals surface area contributed by atoms with Crippen molar-refractivity contribution in [1.82, 2.24) is 10.2 Å². The molecule has 0 heterocycles. The molecule has 0 saturated heterocycles. The van der Waals surface area contributed by atoms with Crippen molar-refractivity contribution in [2.24, 2.45) is 0 Å². The Morgan fingerprint density at radius 3 is 2.31 bits per heavy atom. The lowest BCUT2D eigenvalue weighted by Gasteiger charge is -2.33. The quantitative estimate of drug-likeness (QED) is 0.393. The number of carbonyl (C=O) groups is 2. The maximum atomic E-state index is 13.8. The van der Waals surface area contributed by atoms with Crippen molar-refractivity contribution in [3.05, 3.63) is 77.3 Å². The van der Waals surface area contributed by atoms with Gasteiger partial charge in [-0.15, -0.1) is 0 Å². The number of hydrogen-bond acceptors (Lipinski definition) is 4. The number of halogens is 1. The molecule has 36 heavy (non-hydrogen) atoms. The van der Waals surface area contributed by atoms with Crippen molar-refractivity contribution in [3.8, 4) is 0 Å². The number of hydrogen-bond donors (Lipinski definition) is 1. The van der Waals surface area contributed by atoms with Crippen LogP contribution in [0.5, 0.6) is 0 Å². The number of nitrogens with one attached hydrogen (secondary N) is 1. The molecule has 0 unspecified atom stereocenters. The van der Waals surface area contributed by atoms with E-state index in [1.165, 1.54) is 4.90 Å². The molecule has 0 saturated carbocycles. The van der Waals surface area contributed by atoms with Crippen LogP contribution in [0, 0.1) is 0 Å². The molecule has 0 bridgehead atoms. The lowest BCUT2D eigenvalue weighted by molar-refractivity contribution is -0.140. The molecule has 0 spiro atoms. The Labute approximate surface area is 218 Å². The summed E-state index contributed by atoms with van der Waals surface area (Å²) < 4.78 is 26.9. The number of rotatable bonds is 11. The van der Waals surface area contributed by atoms with Gasteiger partial charge < -0.3 is 10.2 Å². The third-order valence-corrected chi connectivity index (χ3v) is 7.44. The summed E-state index contributed by atoms with van der Waals surface area (Å²) in [6, 6.07) is 19.0. The van der Waals surface area contributed by atoms with E-state index in [1.807, 2.05) is 44.2 Å². The van der Waals surface area contributed by atoms with Gasteiger partial charge in [0.25, 0.3) is 0 Å². The van der Waals surface area contributed by atoms with E-state index in [4.69, 9.17) is 11.6 Å². The minimum absolute atomic E-state index is 0.0731. The highest BCUT2D eigenvalue weighted by molar-refractivity contribution is 7.92. The van der Waals surface area contributed by atoms with Crippen molar-refractivity contribution in [3.63, 3.8) is 0 Å². The predicted molar refractivity (Wildman–Crippen MR) is 146 cm³/mol. The Bertz CT molecular complexity index is 1320. The van der Waals surface area contributed by atoms with E-state index in [1.54, 1.807) is 36.4 Å². The first-order valence-electron chi connectivity index (χ1n) is 11.9. The van der Waals surface area contributed by atoms with Crippen LogP contribution in [0.4, 0.5) is 5.69 Å². The first-order chi connectivity index (χ1) is 17.2. The third-order valence-electron chi connectivity index (χ3n) is 5.95. The molecule has 0 radical (unpaired) electrons. The monoisotopic (exact) mass is 529 g/mol. The van der Waals surface area contributed by atoms with Gasteiger partial charge in [-0.05, 0) is 35.9 Å². The molecular formula is C27H32ClN3O4S. The van der Waals surface area contributed by atoms with Crippen LogP contribution >= 0.6 is 11.6 Å². The molecule has 2 amide bonds. The van der Waals surface area contributed by atoms with Crippen molar-refractivity contribution in [1.29, 1.82) is 0 Å².